The SMILES string of the molecule is CCC(C)C(=O)Oc1ccc(C(F)(F)F)cc1. The van der Waals surface area contributed by atoms with E-state index < -0.39 is 17.7 Å². The number of halogens is 3. The van der Waals surface area contributed by atoms with Gasteiger partial charge in [0.25, 0.3) is 0 Å². The number of benzene rings is 1. The molecule has 17 heavy (non-hydrogen) atoms. The predicted molar refractivity (Wildman–Crippen MR) is 56.5 cm³/mol. The normalized spacial score (nSPS) is 13.2. The summed E-state index contributed by atoms with van der Waals surface area (Å²) < 4.78 is 41.7. The lowest BCUT2D eigenvalue weighted by atomic mass is 10.1. The van der Waals surface area contributed by atoms with Crippen LogP contribution in [0.4, 0.5) is 13.2 Å². The standard InChI is InChI=1S/C12H13F3O2/c1-3-8(2)11(16)17-10-6-4-9(5-7-10)12(13,14)15/h4-8H,3H2,1-2H3. The first-order chi connectivity index (χ1) is 7.84. The lowest BCUT2D eigenvalue weighted by Gasteiger charge is -2.10. The lowest BCUT2D eigenvalue weighted by Crippen LogP contribution is -2.17. The van der Waals surface area contributed by atoms with Crippen LogP contribution >= 0.6 is 0 Å². The molecule has 1 rings (SSSR count). The number of carbonyl (C=O) groups is 1. The van der Waals surface area contributed by atoms with E-state index in [1.54, 1.807) is 6.92 Å². The molecule has 5 heteroatoms. The molecule has 0 N–H and O–H groups in total. The molecule has 0 saturated heterocycles. The molecular formula is C12H13F3O2. The maximum absolute atomic E-state index is 12.3. The molecular weight excluding hydrogens is 233 g/mol. The van der Waals surface area contributed by atoms with Gasteiger partial charge in [0.05, 0.1) is 11.5 Å². The van der Waals surface area contributed by atoms with Crippen molar-refractivity contribution in [3.05, 3.63) is 29.8 Å². The zero-order valence-electron chi connectivity index (χ0n) is 9.54. The largest absolute Gasteiger partial charge is 0.426 e. The third kappa shape index (κ3) is 3.76. The Labute approximate surface area is 97.4 Å². The molecule has 0 radical (unpaired) electrons. The molecule has 2 nitrogen and oxygen atoms in total. The number of ether oxygens (including phenoxy) is 1. The maximum atomic E-state index is 12.3. The molecule has 0 bridgehead atoms. The predicted octanol–water partition coefficient (Wildman–Crippen LogP) is 3.66. The molecule has 0 aliphatic rings. The van der Waals surface area contributed by atoms with Crippen molar-refractivity contribution in [3.63, 3.8) is 0 Å². The number of carbonyl (C=O) groups excluding carboxylic acids is 1. The third-order valence-electron chi connectivity index (χ3n) is 2.41. The van der Waals surface area contributed by atoms with Gasteiger partial charge in [-0.05, 0) is 30.7 Å². The zero-order chi connectivity index (χ0) is 13.1. The Morgan fingerprint density at radius 2 is 1.82 bits per heavy atom. The van der Waals surface area contributed by atoms with Crippen LogP contribution in [0, 0.1) is 5.92 Å². The average molecular weight is 246 g/mol. The monoisotopic (exact) mass is 246 g/mol. The van der Waals surface area contributed by atoms with Gasteiger partial charge in [0, 0.05) is 0 Å². The fourth-order valence-electron chi connectivity index (χ4n) is 1.10. The lowest BCUT2D eigenvalue weighted by molar-refractivity contribution is -0.138. The quantitative estimate of drug-likeness (QED) is 0.601. The highest BCUT2D eigenvalue weighted by Crippen LogP contribution is 2.30. The number of rotatable bonds is 3. The highest BCUT2D eigenvalue weighted by Gasteiger charge is 2.30. The van der Waals surface area contributed by atoms with Crippen LogP contribution in [0.15, 0.2) is 24.3 Å². The topological polar surface area (TPSA) is 26.3 Å². The van der Waals surface area contributed by atoms with Crippen molar-refractivity contribution in [1.82, 2.24) is 0 Å². The Kier molecular flexibility index (Phi) is 4.15. The van der Waals surface area contributed by atoms with Crippen LogP contribution in [0.2, 0.25) is 0 Å². The van der Waals surface area contributed by atoms with E-state index in [0.717, 1.165) is 24.3 Å². The highest BCUT2D eigenvalue weighted by molar-refractivity contribution is 5.74. The van der Waals surface area contributed by atoms with Gasteiger partial charge in [-0.3, -0.25) is 4.79 Å². The Bertz CT molecular complexity index is 382. The summed E-state index contributed by atoms with van der Waals surface area (Å²) in [7, 11) is 0. The van der Waals surface area contributed by atoms with E-state index in [4.69, 9.17) is 4.74 Å². The summed E-state index contributed by atoms with van der Waals surface area (Å²) >= 11 is 0. The molecule has 0 spiro atoms. The second-order valence-electron chi connectivity index (χ2n) is 3.75. The first-order valence-electron chi connectivity index (χ1n) is 5.23. The van der Waals surface area contributed by atoms with Crippen molar-refractivity contribution in [2.75, 3.05) is 0 Å². The number of hydrogen-bond acceptors (Lipinski definition) is 2. The van der Waals surface area contributed by atoms with Crippen LogP contribution in [-0.4, -0.2) is 5.97 Å². The Morgan fingerprint density at radius 1 is 1.29 bits per heavy atom. The molecule has 0 aliphatic heterocycles. The van der Waals surface area contributed by atoms with Crippen molar-refractivity contribution in [2.24, 2.45) is 5.92 Å². The first-order valence-corrected chi connectivity index (χ1v) is 5.23. The summed E-state index contributed by atoms with van der Waals surface area (Å²) in [6, 6.07) is 4.06. The first kappa shape index (κ1) is 13.5. The summed E-state index contributed by atoms with van der Waals surface area (Å²) in [5.74, 6) is -0.576. The van der Waals surface area contributed by atoms with E-state index in [1.807, 2.05) is 6.92 Å². The summed E-state index contributed by atoms with van der Waals surface area (Å²) in [4.78, 5) is 11.4. The van der Waals surface area contributed by atoms with Gasteiger partial charge in [-0.25, -0.2) is 0 Å². The molecule has 1 atom stereocenters. The van der Waals surface area contributed by atoms with Gasteiger partial charge >= 0.3 is 12.1 Å². The number of hydrogen-bond donors (Lipinski definition) is 0. The van der Waals surface area contributed by atoms with Crippen molar-refractivity contribution in [1.29, 1.82) is 0 Å². The van der Waals surface area contributed by atoms with Crippen LogP contribution in [0.1, 0.15) is 25.8 Å². The van der Waals surface area contributed by atoms with Crippen LogP contribution in [-0.2, 0) is 11.0 Å². The molecule has 0 aromatic heterocycles. The molecule has 94 valence electrons. The summed E-state index contributed by atoms with van der Waals surface area (Å²) in [6.45, 7) is 3.53. The van der Waals surface area contributed by atoms with Crippen molar-refractivity contribution >= 4 is 5.97 Å². The smallest absolute Gasteiger partial charge is 0.416 e. The van der Waals surface area contributed by atoms with E-state index in [0.29, 0.717) is 6.42 Å². The van der Waals surface area contributed by atoms with Crippen LogP contribution in [0.25, 0.3) is 0 Å². The van der Waals surface area contributed by atoms with Gasteiger partial charge in [0.1, 0.15) is 5.75 Å². The van der Waals surface area contributed by atoms with E-state index in [1.165, 1.54) is 0 Å². The molecule has 0 heterocycles. The summed E-state index contributed by atoms with van der Waals surface area (Å²) in [5.41, 5.74) is -0.763. The molecule has 0 saturated carbocycles. The highest BCUT2D eigenvalue weighted by atomic mass is 19.4. The van der Waals surface area contributed by atoms with Crippen molar-refractivity contribution < 1.29 is 22.7 Å². The Hall–Kier alpha value is -1.52. The Balaban J connectivity index is 2.73. The molecule has 0 aliphatic carbocycles. The van der Waals surface area contributed by atoms with Crippen molar-refractivity contribution in [3.8, 4) is 5.75 Å². The fourth-order valence-corrected chi connectivity index (χ4v) is 1.10. The minimum atomic E-state index is -4.38. The Morgan fingerprint density at radius 3 is 2.24 bits per heavy atom. The van der Waals surface area contributed by atoms with Crippen LogP contribution in [0.3, 0.4) is 0 Å². The zero-order valence-corrected chi connectivity index (χ0v) is 9.54. The number of esters is 1. The fraction of sp³-hybridized carbons (Fsp3) is 0.417. The van der Waals surface area contributed by atoms with Crippen molar-refractivity contribution in [2.45, 2.75) is 26.4 Å². The van der Waals surface area contributed by atoms with Gasteiger partial charge < -0.3 is 4.74 Å². The van der Waals surface area contributed by atoms with Gasteiger partial charge in [0.15, 0.2) is 0 Å². The summed E-state index contributed by atoms with van der Waals surface area (Å²) in [6.07, 6.45) is -3.75. The van der Waals surface area contributed by atoms with E-state index in [9.17, 15) is 18.0 Å². The second-order valence-corrected chi connectivity index (χ2v) is 3.75. The molecule has 1 unspecified atom stereocenters. The van der Waals surface area contributed by atoms with Crippen LogP contribution < -0.4 is 4.74 Å². The molecule has 0 fully saturated rings. The van der Waals surface area contributed by atoms with E-state index in [-0.39, 0.29) is 11.7 Å². The van der Waals surface area contributed by atoms with Gasteiger partial charge in [-0.1, -0.05) is 13.8 Å². The minimum absolute atomic E-state index is 0.128. The average Bonchev–Trinajstić information content (AvgIpc) is 2.27. The third-order valence-corrected chi connectivity index (χ3v) is 2.41. The number of alkyl halides is 3. The van der Waals surface area contributed by atoms with E-state index >= 15 is 0 Å². The van der Waals surface area contributed by atoms with E-state index in [2.05, 4.69) is 0 Å². The minimum Gasteiger partial charge on any atom is -0.426 e. The maximum Gasteiger partial charge on any atom is 0.416 e. The van der Waals surface area contributed by atoms with Gasteiger partial charge in [0.2, 0.25) is 0 Å². The molecule has 0 amide bonds. The summed E-state index contributed by atoms with van der Waals surface area (Å²) in [5, 5.41) is 0. The van der Waals surface area contributed by atoms with Gasteiger partial charge in [-0.2, -0.15) is 13.2 Å². The second kappa shape index (κ2) is 5.21. The molecule has 1 aromatic carbocycles. The molecule has 1 aromatic rings. The van der Waals surface area contributed by atoms with Gasteiger partial charge in [-0.15, -0.1) is 0 Å². The van der Waals surface area contributed by atoms with Crippen LogP contribution in [0.5, 0.6) is 5.75 Å².